The van der Waals surface area contributed by atoms with Crippen LogP contribution >= 0.6 is 23.1 Å². The minimum absolute atomic E-state index is 0.0489. The SMILES string of the molecule is COc1ccc(-c2nnc(SCC(=O)N(C)Cc3cccs3)n2-c2ccc(C)cc2)cc1. The van der Waals surface area contributed by atoms with Gasteiger partial charge in [-0.2, -0.15) is 0 Å². The van der Waals surface area contributed by atoms with Gasteiger partial charge in [-0.3, -0.25) is 9.36 Å². The number of amides is 1. The number of nitrogens with zero attached hydrogens (tertiary/aromatic N) is 4. The number of ether oxygens (including phenoxy) is 1. The lowest BCUT2D eigenvalue weighted by molar-refractivity contribution is -0.127. The molecule has 1 amide bonds. The average molecular weight is 465 g/mol. The van der Waals surface area contributed by atoms with Gasteiger partial charge in [-0.05, 0) is 54.8 Å². The number of aromatic nitrogens is 3. The lowest BCUT2D eigenvalue weighted by Gasteiger charge is -2.16. The van der Waals surface area contributed by atoms with Crippen LogP contribution in [0.1, 0.15) is 10.4 Å². The minimum Gasteiger partial charge on any atom is -0.497 e. The molecule has 6 nitrogen and oxygen atoms in total. The van der Waals surface area contributed by atoms with E-state index < -0.39 is 0 Å². The molecule has 0 aliphatic carbocycles. The quantitative estimate of drug-likeness (QED) is 0.341. The Morgan fingerprint density at radius 2 is 1.84 bits per heavy atom. The van der Waals surface area contributed by atoms with Crippen molar-refractivity contribution in [3.05, 3.63) is 76.5 Å². The molecule has 0 unspecified atom stereocenters. The fraction of sp³-hybridized carbons (Fsp3) is 0.208. The maximum atomic E-state index is 12.7. The van der Waals surface area contributed by atoms with Crippen LogP contribution in [-0.2, 0) is 11.3 Å². The van der Waals surface area contributed by atoms with Gasteiger partial charge < -0.3 is 9.64 Å². The zero-order chi connectivity index (χ0) is 22.5. The fourth-order valence-electron chi connectivity index (χ4n) is 3.18. The highest BCUT2D eigenvalue weighted by Crippen LogP contribution is 2.29. The fourth-order valence-corrected chi connectivity index (χ4v) is 4.83. The van der Waals surface area contributed by atoms with Crippen molar-refractivity contribution < 1.29 is 9.53 Å². The number of benzene rings is 2. The second kappa shape index (κ2) is 10.0. The van der Waals surface area contributed by atoms with E-state index in [2.05, 4.69) is 29.3 Å². The zero-order valence-electron chi connectivity index (χ0n) is 18.2. The van der Waals surface area contributed by atoms with Crippen molar-refractivity contribution >= 4 is 29.0 Å². The van der Waals surface area contributed by atoms with Crippen LogP contribution < -0.4 is 4.74 Å². The number of carbonyl (C=O) groups excluding carboxylic acids is 1. The molecule has 8 heteroatoms. The number of aryl methyl sites for hydroxylation is 1. The summed E-state index contributed by atoms with van der Waals surface area (Å²) in [5.74, 6) is 1.84. The lowest BCUT2D eigenvalue weighted by Crippen LogP contribution is -2.27. The van der Waals surface area contributed by atoms with Gasteiger partial charge in [0.2, 0.25) is 5.91 Å². The van der Waals surface area contributed by atoms with Crippen molar-refractivity contribution in [2.75, 3.05) is 19.9 Å². The minimum atomic E-state index is 0.0489. The van der Waals surface area contributed by atoms with Crippen LogP contribution in [0.5, 0.6) is 5.75 Å². The number of carbonyl (C=O) groups is 1. The van der Waals surface area contributed by atoms with E-state index in [1.54, 1.807) is 23.3 Å². The lowest BCUT2D eigenvalue weighted by atomic mass is 10.2. The number of hydrogen-bond acceptors (Lipinski definition) is 6. The molecular weight excluding hydrogens is 440 g/mol. The molecule has 164 valence electrons. The topological polar surface area (TPSA) is 60.3 Å². The molecule has 0 radical (unpaired) electrons. The summed E-state index contributed by atoms with van der Waals surface area (Å²) in [6.07, 6.45) is 0. The molecule has 0 spiro atoms. The zero-order valence-corrected chi connectivity index (χ0v) is 19.8. The summed E-state index contributed by atoms with van der Waals surface area (Å²) in [6, 6.07) is 20.0. The predicted octanol–water partition coefficient (Wildman–Crippen LogP) is 5.06. The van der Waals surface area contributed by atoms with Crippen molar-refractivity contribution in [3.8, 4) is 22.8 Å². The summed E-state index contributed by atoms with van der Waals surface area (Å²) in [4.78, 5) is 15.6. The average Bonchev–Trinajstić information content (AvgIpc) is 3.48. The van der Waals surface area contributed by atoms with Crippen LogP contribution in [0.15, 0.2) is 71.2 Å². The third kappa shape index (κ3) is 5.03. The highest BCUT2D eigenvalue weighted by Gasteiger charge is 2.19. The summed E-state index contributed by atoms with van der Waals surface area (Å²) in [5, 5.41) is 11.6. The maximum absolute atomic E-state index is 12.7. The third-order valence-corrected chi connectivity index (χ3v) is 6.77. The molecular formula is C24H24N4O2S2. The highest BCUT2D eigenvalue weighted by molar-refractivity contribution is 7.99. The first-order valence-corrected chi connectivity index (χ1v) is 12.0. The van der Waals surface area contributed by atoms with E-state index >= 15 is 0 Å². The van der Waals surface area contributed by atoms with Gasteiger partial charge in [0.1, 0.15) is 5.75 Å². The Morgan fingerprint density at radius 3 is 2.50 bits per heavy atom. The van der Waals surface area contributed by atoms with E-state index in [9.17, 15) is 4.79 Å². The summed E-state index contributed by atoms with van der Waals surface area (Å²) in [6.45, 7) is 2.66. The highest BCUT2D eigenvalue weighted by atomic mass is 32.2. The van der Waals surface area contributed by atoms with Gasteiger partial charge in [0.25, 0.3) is 0 Å². The number of hydrogen-bond donors (Lipinski definition) is 0. The van der Waals surface area contributed by atoms with Crippen LogP contribution in [0, 0.1) is 6.92 Å². The molecule has 0 N–H and O–H groups in total. The summed E-state index contributed by atoms with van der Waals surface area (Å²) < 4.78 is 7.27. The number of thiophene rings is 1. The van der Waals surface area contributed by atoms with Crippen molar-refractivity contribution in [2.24, 2.45) is 0 Å². The molecule has 32 heavy (non-hydrogen) atoms. The largest absolute Gasteiger partial charge is 0.497 e. The standard InChI is InChI=1S/C24H24N4O2S2/c1-17-6-10-19(11-7-17)28-23(18-8-12-20(30-3)13-9-18)25-26-24(28)32-16-22(29)27(2)15-21-5-4-14-31-21/h4-14H,15-16H2,1-3H3. The van der Waals surface area contributed by atoms with Crippen LogP contribution in [0.3, 0.4) is 0 Å². The van der Waals surface area contributed by atoms with Crippen molar-refractivity contribution in [1.29, 1.82) is 0 Å². The molecule has 2 aromatic heterocycles. The van der Waals surface area contributed by atoms with Gasteiger partial charge in [0, 0.05) is 23.2 Å². The van der Waals surface area contributed by atoms with Gasteiger partial charge in [-0.15, -0.1) is 21.5 Å². The van der Waals surface area contributed by atoms with E-state index in [1.807, 2.05) is 65.5 Å². The number of thioether (sulfide) groups is 1. The van der Waals surface area contributed by atoms with Crippen LogP contribution in [0.25, 0.3) is 17.1 Å². The van der Waals surface area contributed by atoms with Crippen LogP contribution in [0.2, 0.25) is 0 Å². The van der Waals surface area contributed by atoms with E-state index in [-0.39, 0.29) is 11.7 Å². The molecule has 2 heterocycles. The summed E-state index contributed by atoms with van der Waals surface area (Å²) >= 11 is 3.05. The number of methoxy groups -OCH3 is 1. The predicted molar refractivity (Wildman–Crippen MR) is 130 cm³/mol. The summed E-state index contributed by atoms with van der Waals surface area (Å²) in [7, 11) is 3.47. The molecule has 4 rings (SSSR count). The molecule has 0 fully saturated rings. The Balaban J connectivity index is 1.59. The first-order chi connectivity index (χ1) is 15.5. The second-order valence-corrected chi connectivity index (χ2v) is 9.30. The molecule has 0 saturated carbocycles. The maximum Gasteiger partial charge on any atom is 0.233 e. The van der Waals surface area contributed by atoms with Gasteiger partial charge in [0.05, 0.1) is 19.4 Å². The van der Waals surface area contributed by atoms with Crippen LogP contribution in [0.4, 0.5) is 0 Å². The Hall–Kier alpha value is -3.10. The van der Waals surface area contributed by atoms with Gasteiger partial charge in [-0.1, -0.05) is 35.5 Å². The molecule has 4 aromatic rings. The Morgan fingerprint density at radius 1 is 1.09 bits per heavy atom. The van der Waals surface area contributed by atoms with Crippen LogP contribution in [-0.4, -0.2) is 45.5 Å². The third-order valence-electron chi connectivity index (χ3n) is 5.00. The van der Waals surface area contributed by atoms with E-state index in [0.717, 1.165) is 27.7 Å². The van der Waals surface area contributed by atoms with E-state index in [4.69, 9.17) is 4.74 Å². The first kappa shape index (κ1) is 22.1. The van der Waals surface area contributed by atoms with E-state index in [1.165, 1.54) is 17.3 Å². The smallest absolute Gasteiger partial charge is 0.233 e. The first-order valence-electron chi connectivity index (χ1n) is 10.1. The van der Waals surface area contributed by atoms with Gasteiger partial charge in [-0.25, -0.2) is 0 Å². The molecule has 0 atom stereocenters. The Labute approximate surface area is 195 Å². The number of rotatable bonds is 8. The van der Waals surface area contributed by atoms with Crippen molar-refractivity contribution in [1.82, 2.24) is 19.7 Å². The normalized spacial score (nSPS) is 10.8. The monoisotopic (exact) mass is 464 g/mol. The molecule has 0 aliphatic heterocycles. The van der Waals surface area contributed by atoms with Gasteiger partial charge in [0.15, 0.2) is 11.0 Å². The Kier molecular flexibility index (Phi) is 6.92. The molecule has 0 saturated heterocycles. The van der Waals surface area contributed by atoms with Crippen molar-refractivity contribution in [2.45, 2.75) is 18.6 Å². The van der Waals surface area contributed by atoms with Crippen molar-refractivity contribution in [3.63, 3.8) is 0 Å². The Bertz CT molecular complexity index is 1170. The molecule has 0 aliphatic rings. The molecule has 2 aromatic carbocycles. The molecule has 0 bridgehead atoms. The summed E-state index contributed by atoms with van der Waals surface area (Å²) in [5.41, 5.74) is 3.05. The van der Waals surface area contributed by atoms with E-state index in [0.29, 0.717) is 11.7 Å². The van der Waals surface area contributed by atoms with Gasteiger partial charge >= 0.3 is 0 Å². The second-order valence-electron chi connectivity index (χ2n) is 7.32.